The maximum absolute atomic E-state index is 11.0. The number of rotatable bonds is 5. The molecule has 0 heterocycles. The van der Waals surface area contributed by atoms with Gasteiger partial charge in [-0.1, -0.05) is 0 Å². The maximum atomic E-state index is 11.0. The average molecular weight is 205 g/mol. The summed E-state index contributed by atoms with van der Waals surface area (Å²) in [6.45, 7) is 1.14. The van der Waals surface area contributed by atoms with E-state index in [0.717, 1.165) is 19.5 Å². The van der Waals surface area contributed by atoms with Crippen LogP contribution in [0.3, 0.4) is 0 Å². The second-order valence-electron chi connectivity index (χ2n) is 2.67. The van der Waals surface area contributed by atoms with Crippen molar-refractivity contribution in [1.82, 2.24) is 0 Å². The molecule has 1 atom stereocenters. The molecule has 0 fully saturated rings. The van der Waals surface area contributed by atoms with E-state index >= 15 is 0 Å². The van der Waals surface area contributed by atoms with Gasteiger partial charge < -0.3 is 0 Å². The lowest BCUT2D eigenvalue weighted by Gasteiger charge is -2.03. The fraction of sp³-hybridized carbons (Fsp3) is 0.571. The van der Waals surface area contributed by atoms with Gasteiger partial charge in [-0.15, -0.1) is 0 Å². The van der Waals surface area contributed by atoms with Crippen molar-refractivity contribution in [3.63, 3.8) is 0 Å². The molecular formula is C7H9O5S. The van der Waals surface area contributed by atoms with Gasteiger partial charge in [0.15, 0.2) is 20.9 Å². The Balaban J connectivity index is 4.72. The molecule has 0 aliphatic carbocycles. The number of ketones is 2. The molecule has 6 heteroatoms. The van der Waals surface area contributed by atoms with Crippen LogP contribution in [0.2, 0.25) is 0 Å². The van der Waals surface area contributed by atoms with Crippen molar-refractivity contribution in [2.75, 3.05) is 6.26 Å². The number of carbonyl (C=O) groups is 2. The normalized spacial score (nSPS) is 13.4. The highest BCUT2D eigenvalue weighted by Gasteiger charge is 2.29. The molecule has 13 heavy (non-hydrogen) atoms. The Hall–Kier alpha value is -1.04. The van der Waals surface area contributed by atoms with E-state index in [4.69, 9.17) is 0 Å². The molecule has 0 aromatic rings. The molecule has 0 bridgehead atoms. The maximum Gasteiger partial charge on any atom is 0.225 e. The van der Waals surface area contributed by atoms with E-state index in [1.54, 1.807) is 0 Å². The fourth-order valence-corrected chi connectivity index (χ4v) is 1.47. The van der Waals surface area contributed by atoms with Crippen LogP contribution in [-0.4, -0.2) is 37.8 Å². The third-order valence-corrected chi connectivity index (χ3v) is 2.47. The highest BCUT2D eigenvalue weighted by atomic mass is 32.2. The topological polar surface area (TPSA) is 85.3 Å². The Bertz CT molecular complexity index is 327. The van der Waals surface area contributed by atoms with Crippen LogP contribution < -0.4 is 0 Å². The van der Waals surface area contributed by atoms with E-state index in [2.05, 4.69) is 0 Å². The van der Waals surface area contributed by atoms with Gasteiger partial charge in [-0.25, -0.2) is 8.42 Å². The predicted octanol–water partition coefficient (Wildman–Crippen LogP) is -0.942. The van der Waals surface area contributed by atoms with E-state index in [-0.39, 0.29) is 0 Å². The van der Waals surface area contributed by atoms with Crippen molar-refractivity contribution < 1.29 is 22.8 Å². The molecular weight excluding hydrogens is 196 g/mol. The van der Waals surface area contributed by atoms with Crippen LogP contribution in [0.25, 0.3) is 0 Å². The molecule has 0 amide bonds. The van der Waals surface area contributed by atoms with E-state index in [0.29, 0.717) is 0 Å². The van der Waals surface area contributed by atoms with Crippen LogP contribution in [0.1, 0.15) is 13.3 Å². The summed E-state index contributed by atoms with van der Waals surface area (Å²) in [5, 5.41) is -1.82. The number of sulfone groups is 1. The average Bonchev–Trinajstić information content (AvgIpc) is 1.82. The van der Waals surface area contributed by atoms with Gasteiger partial charge in [0.25, 0.3) is 0 Å². The van der Waals surface area contributed by atoms with Crippen molar-refractivity contribution in [2.45, 2.75) is 18.6 Å². The van der Waals surface area contributed by atoms with E-state index in [1.807, 2.05) is 0 Å². The summed E-state index contributed by atoms with van der Waals surface area (Å²) < 4.78 is 21.6. The fourth-order valence-electron chi connectivity index (χ4n) is 0.730. The Morgan fingerprint density at radius 2 is 1.85 bits per heavy atom. The quantitative estimate of drug-likeness (QED) is 0.540. The Labute approximate surface area is 76.0 Å². The van der Waals surface area contributed by atoms with Crippen molar-refractivity contribution in [3.05, 3.63) is 0 Å². The Morgan fingerprint density at radius 1 is 1.38 bits per heavy atom. The van der Waals surface area contributed by atoms with Crippen molar-refractivity contribution >= 4 is 27.7 Å². The Kier molecular flexibility index (Phi) is 3.93. The highest BCUT2D eigenvalue weighted by molar-refractivity contribution is 7.92. The molecule has 0 rings (SSSR count). The van der Waals surface area contributed by atoms with E-state index in [9.17, 15) is 22.8 Å². The van der Waals surface area contributed by atoms with E-state index in [1.165, 1.54) is 0 Å². The van der Waals surface area contributed by atoms with Crippen molar-refractivity contribution in [2.24, 2.45) is 0 Å². The lowest BCUT2D eigenvalue weighted by molar-refractivity contribution is -0.124. The van der Waals surface area contributed by atoms with Crippen molar-refractivity contribution in [3.8, 4) is 0 Å². The highest BCUT2D eigenvalue weighted by Crippen LogP contribution is 2.01. The second kappa shape index (κ2) is 4.27. The number of Topliss-reactive ketones (excluding diaryl/α,β-unsaturated/α-hetero) is 2. The summed E-state index contributed by atoms with van der Waals surface area (Å²) in [5.41, 5.74) is 0. The van der Waals surface area contributed by atoms with Crippen LogP contribution in [0.4, 0.5) is 0 Å². The molecule has 0 spiro atoms. The molecule has 0 aromatic carbocycles. The SMILES string of the molecule is CC(=O)CC(=O)C([C]=O)S(C)(=O)=O. The largest absolute Gasteiger partial charge is 0.300 e. The van der Waals surface area contributed by atoms with Gasteiger partial charge in [0.1, 0.15) is 5.78 Å². The van der Waals surface area contributed by atoms with Crippen LogP contribution in [0.5, 0.6) is 0 Å². The number of hydrogen-bond acceptors (Lipinski definition) is 5. The zero-order valence-electron chi connectivity index (χ0n) is 7.23. The first-order valence-electron chi connectivity index (χ1n) is 3.37. The summed E-state index contributed by atoms with van der Waals surface area (Å²) in [6, 6.07) is 0. The Morgan fingerprint density at radius 3 is 2.08 bits per heavy atom. The lowest BCUT2D eigenvalue weighted by Crippen LogP contribution is -2.31. The summed E-state index contributed by atoms with van der Waals surface area (Å²) in [5.74, 6) is -1.40. The molecule has 0 saturated heterocycles. The standard InChI is InChI=1S/C7H9O5S/c1-5(9)3-6(10)7(4-8)13(2,11)12/h7H,3H2,1-2H3. The predicted molar refractivity (Wildman–Crippen MR) is 44.6 cm³/mol. The smallest absolute Gasteiger partial charge is 0.225 e. The number of carbonyl (C=O) groups excluding carboxylic acids is 3. The van der Waals surface area contributed by atoms with Gasteiger partial charge in [0.05, 0.1) is 6.42 Å². The van der Waals surface area contributed by atoms with Crippen LogP contribution in [0.15, 0.2) is 0 Å². The summed E-state index contributed by atoms with van der Waals surface area (Å²) in [4.78, 5) is 31.6. The minimum absolute atomic E-state index is 0.478. The van der Waals surface area contributed by atoms with Crippen LogP contribution >= 0.6 is 0 Å². The van der Waals surface area contributed by atoms with Gasteiger partial charge in [-0.2, -0.15) is 0 Å². The molecule has 0 saturated carbocycles. The first-order valence-corrected chi connectivity index (χ1v) is 5.33. The molecule has 0 aliphatic heterocycles. The van der Waals surface area contributed by atoms with Gasteiger partial charge in [-0.05, 0) is 6.92 Å². The zero-order chi connectivity index (χ0) is 10.6. The van der Waals surface area contributed by atoms with Gasteiger partial charge >= 0.3 is 0 Å². The van der Waals surface area contributed by atoms with Gasteiger partial charge in [-0.3, -0.25) is 14.4 Å². The molecule has 5 nitrogen and oxygen atoms in total. The third kappa shape index (κ3) is 3.93. The van der Waals surface area contributed by atoms with Gasteiger partial charge in [0, 0.05) is 6.26 Å². The second-order valence-corrected chi connectivity index (χ2v) is 4.80. The molecule has 1 radical (unpaired) electrons. The lowest BCUT2D eigenvalue weighted by atomic mass is 10.2. The molecule has 73 valence electrons. The first kappa shape index (κ1) is 12.0. The minimum Gasteiger partial charge on any atom is -0.300 e. The summed E-state index contributed by atoms with van der Waals surface area (Å²) in [7, 11) is -3.79. The molecule has 0 aromatic heterocycles. The first-order chi connectivity index (χ1) is 5.79. The summed E-state index contributed by atoms with van der Waals surface area (Å²) in [6.07, 6.45) is 1.31. The number of hydrogen-bond donors (Lipinski definition) is 0. The molecule has 1 unspecified atom stereocenters. The van der Waals surface area contributed by atoms with Gasteiger partial charge in [0.2, 0.25) is 6.29 Å². The van der Waals surface area contributed by atoms with Crippen LogP contribution in [0, 0.1) is 0 Å². The molecule has 0 aliphatic rings. The van der Waals surface area contributed by atoms with Crippen LogP contribution in [-0.2, 0) is 24.2 Å². The van der Waals surface area contributed by atoms with Crippen molar-refractivity contribution in [1.29, 1.82) is 0 Å². The zero-order valence-corrected chi connectivity index (χ0v) is 8.05. The summed E-state index contributed by atoms with van der Waals surface area (Å²) >= 11 is 0. The minimum atomic E-state index is -3.79. The third-order valence-electron chi connectivity index (χ3n) is 1.25. The molecule has 0 N–H and O–H groups in total. The monoisotopic (exact) mass is 205 g/mol. The van der Waals surface area contributed by atoms with E-state index < -0.39 is 33.1 Å².